The normalized spacial score (nSPS) is 23.3. The highest BCUT2D eigenvalue weighted by molar-refractivity contribution is 6.45. The lowest BCUT2D eigenvalue weighted by Gasteiger charge is -2.20. The van der Waals surface area contributed by atoms with Crippen LogP contribution in [0.4, 0.5) is 0 Å². The zero-order valence-electron chi connectivity index (χ0n) is 13.6. The van der Waals surface area contributed by atoms with E-state index in [0.717, 1.165) is 0 Å². The summed E-state index contributed by atoms with van der Waals surface area (Å²) in [6, 6.07) is 10.6. The fourth-order valence-electron chi connectivity index (χ4n) is 3.10. The van der Waals surface area contributed by atoms with Crippen LogP contribution in [0.25, 0.3) is 0 Å². The molecule has 0 spiro atoms. The van der Waals surface area contributed by atoms with Crippen LogP contribution < -0.4 is 5.32 Å². The topological polar surface area (TPSA) is 66.4 Å². The molecule has 1 aromatic rings. The van der Waals surface area contributed by atoms with Crippen LogP contribution in [0.1, 0.15) is 25.5 Å². The van der Waals surface area contributed by atoms with E-state index in [1.165, 1.54) is 5.56 Å². The number of quaternary nitrogens is 1. The van der Waals surface area contributed by atoms with Gasteiger partial charge in [-0.3, -0.25) is 4.79 Å². The number of hydrogen-bond donors (Lipinski definition) is 2. The van der Waals surface area contributed by atoms with E-state index in [0.29, 0.717) is 19.7 Å². The molecule has 5 nitrogen and oxygen atoms in total. The number of ether oxygens (including phenoxy) is 1. The van der Waals surface area contributed by atoms with Crippen LogP contribution in [0.5, 0.6) is 0 Å². The highest BCUT2D eigenvalue weighted by atomic mass is 16.5. The smallest absolute Gasteiger partial charge is 0.376 e. The minimum absolute atomic E-state index is 0.101. The Kier molecular flexibility index (Phi) is 6.00. The first-order chi connectivity index (χ1) is 10.5. The summed E-state index contributed by atoms with van der Waals surface area (Å²) in [5.74, 6) is -0.354. The fraction of sp³-hybridized carbons (Fsp3) is 0.562. The third-order valence-corrected chi connectivity index (χ3v) is 4.37. The monoisotopic (exact) mass is 305 g/mol. The SMILES string of the molecule is CCOC(=O)[C@@H]1CN(B(C)O)C[C@H]1[NH2+][C@H](C)c1ccccc1. The lowest BCUT2D eigenvalue weighted by molar-refractivity contribution is -0.725. The Bertz CT molecular complexity index is 484. The standard InChI is InChI=1S/C16H25BN2O3/c1-4-22-16(20)14-10-19(17(3)21)11-15(14)18-12(2)13-8-6-5-7-9-13/h5-9,12,14-15,18,21H,4,10-11H2,1-3H3/p+1/t12-,14-,15-/m1/s1. The summed E-state index contributed by atoms with van der Waals surface area (Å²) in [5, 5.41) is 12.0. The first kappa shape index (κ1) is 17.0. The molecule has 0 amide bonds. The zero-order chi connectivity index (χ0) is 16.1. The van der Waals surface area contributed by atoms with Crippen LogP contribution >= 0.6 is 0 Å². The number of nitrogens with zero attached hydrogens (tertiary/aromatic N) is 1. The summed E-state index contributed by atoms with van der Waals surface area (Å²) in [4.78, 5) is 14.1. The number of esters is 1. The van der Waals surface area contributed by atoms with Crippen molar-refractivity contribution in [2.24, 2.45) is 5.92 Å². The van der Waals surface area contributed by atoms with Gasteiger partial charge in [0.25, 0.3) is 0 Å². The Hall–Kier alpha value is -1.37. The van der Waals surface area contributed by atoms with E-state index in [1.807, 2.05) is 29.9 Å². The van der Waals surface area contributed by atoms with Crippen LogP contribution in [0.3, 0.4) is 0 Å². The second-order valence-corrected chi connectivity index (χ2v) is 6.00. The summed E-state index contributed by atoms with van der Waals surface area (Å²) >= 11 is 0. The van der Waals surface area contributed by atoms with Gasteiger partial charge in [0.05, 0.1) is 6.61 Å². The van der Waals surface area contributed by atoms with E-state index in [2.05, 4.69) is 24.4 Å². The molecule has 1 aliphatic heterocycles. The molecule has 1 fully saturated rings. The largest absolute Gasteiger partial charge is 0.466 e. The summed E-state index contributed by atoms with van der Waals surface area (Å²) in [5.41, 5.74) is 1.24. The summed E-state index contributed by atoms with van der Waals surface area (Å²) in [6.07, 6.45) is 0. The first-order valence-corrected chi connectivity index (χ1v) is 8.01. The van der Waals surface area contributed by atoms with Crippen LogP contribution in [0, 0.1) is 5.92 Å². The van der Waals surface area contributed by atoms with Crippen molar-refractivity contribution in [3.8, 4) is 0 Å². The van der Waals surface area contributed by atoms with Crippen molar-refractivity contribution >= 4 is 13.0 Å². The van der Waals surface area contributed by atoms with Crippen molar-refractivity contribution in [2.75, 3.05) is 19.7 Å². The van der Waals surface area contributed by atoms with Crippen LogP contribution in [-0.2, 0) is 9.53 Å². The van der Waals surface area contributed by atoms with Gasteiger partial charge in [0.1, 0.15) is 18.0 Å². The molecule has 1 heterocycles. The van der Waals surface area contributed by atoms with E-state index >= 15 is 0 Å². The van der Waals surface area contributed by atoms with E-state index in [1.54, 1.807) is 6.82 Å². The number of carbonyl (C=O) groups is 1. The molecule has 0 bridgehead atoms. The molecule has 0 aromatic heterocycles. The molecule has 2 rings (SSSR count). The molecule has 0 unspecified atom stereocenters. The number of nitrogens with two attached hydrogens (primary N) is 1. The molecular formula is C16H26BN2O3+. The summed E-state index contributed by atoms with van der Waals surface area (Å²) in [6.45, 7) is 7.35. The molecule has 1 aromatic carbocycles. The molecule has 3 atom stereocenters. The van der Waals surface area contributed by atoms with Crippen molar-refractivity contribution < 1.29 is 19.9 Å². The van der Waals surface area contributed by atoms with Crippen molar-refractivity contribution in [3.05, 3.63) is 35.9 Å². The van der Waals surface area contributed by atoms with Crippen molar-refractivity contribution in [2.45, 2.75) is 32.8 Å². The highest BCUT2D eigenvalue weighted by Gasteiger charge is 2.43. The van der Waals surface area contributed by atoms with E-state index < -0.39 is 7.05 Å². The predicted octanol–water partition coefficient (Wildman–Crippen LogP) is 0.285. The second-order valence-electron chi connectivity index (χ2n) is 6.00. The number of benzene rings is 1. The van der Waals surface area contributed by atoms with E-state index in [4.69, 9.17) is 4.74 Å². The van der Waals surface area contributed by atoms with Gasteiger partial charge < -0.3 is 19.9 Å². The molecule has 0 aliphatic carbocycles. The van der Waals surface area contributed by atoms with Crippen LogP contribution in [0.2, 0.25) is 6.82 Å². The summed E-state index contributed by atoms with van der Waals surface area (Å²) < 4.78 is 5.20. The van der Waals surface area contributed by atoms with Gasteiger partial charge >= 0.3 is 13.0 Å². The van der Waals surface area contributed by atoms with Gasteiger partial charge in [-0.25, -0.2) is 0 Å². The molecule has 6 heteroatoms. The second kappa shape index (κ2) is 7.76. The maximum atomic E-state index is 12.2. The van der Waals surface area contributed by atoms with Crippen LogP contribution in [0.15, 0.2) is 30.3 Å². The van der Waals surface area contributed by atoms with Gasteiger partial charge in [-0.1, -0.05) is 30.3 Å². The van der Waals surface area contributed by atoms with Crippen molar-refractivity contribution in [1.82, 2.24) is 4.81 Å². The van der Waals surface area contributed by atoms with E-state index in [9.17, 15) is 9.82 Å². The molecule has 3 N–H and O–H groups in total. The molecule has 0 saturated carbocycles. The quantitative estimate of drug-likeness (QED) is 0.585. The van der Waals surface area contributed by atoms with Crippen molar-refractivity contribution in [3.63, 3.8) is 0 Å². The molecule has 0 radical (unpaired) electrons. The Balaban J connectivity index is 2.06. The number of hydrogen-bond acceptors (Lipinski definition) is 4. The van der Waals surface area contributed by atoms with Gasteiger partial charge in [-0.05, 0) is 20.7 Å². The number of carbonyl (C=O) groups excluding carboxylic acids is 1. The molecule has 22 heavy (non-hydrogen) atoms. The first-order valence-electron chi connectivity index (χ1n) is 8.01. The van der Waals surface area contributed by atoms with Gasteiger partial charge in [-0.2, -0.15) is 0 Å². The Morgan fingerprint density at radius 2 is 2.14 bits per heavy atom. The molecule has 120 valence electrons. The van der Waals surface area contributed by atoms with Gasteiger partial charge in [-0.15, -0.1) is 0 Å². The Morgan fingerprint density at radius 3 is 2.73 bits per heavy atom. The minimum Gasteiger partial charge on any atom is -0.466 e. The lowest BCUT2D eigenvalue weighted by atomic mass is 9.86. The average Bonchev–Trinajstić information content (AvgIpc) is 2.92. The maximum Gasteiger partial charge on any atom is 0.376 e. The molecular weight excluding hydrogens is 279 g/mol. The zero-order valence-corrected chi connectivity index (χ0v) is 13.6. The highest BCUT2D eigenvalue weighted by Crippen LogP contribution is 2.18. The molecule has 1 aliphatic rings. The lowest BCUT2D eigenvalue weighted by Crippen LogP contribution is -2.92. The summed E-state index contributed by atoms with van der Waals surface area (Å²) in [7, 11) is -0.539. The van der Waals surface area contributed by atoms with Gasteiger partial charge in [0, 0.05) is 18.7 Å². The molecule has 1 saturated heterocycles. The van der Waals surface area contributed by atoms with Gasteiger partial charge in [0.2, 0.25) is 0 Å². The number of rotatable bonds is 6. The fourth-order valence-corrected chi connectivity index (χ4v) is 3.10. The Labute approximate surface area is 132 Å². The Morgan fingerprint density at radius 1 is 1.45 bits per heavy atom. The van der Waals surface area contributed by atoms with Crippen molar-refractivity contribution in [1.29, 1.82) is 0 Å². The average molecular weight is 305 g/mol. The van der Waals surface area contributed by atoms with Crippen LogP contribution in [-0.4, -0.2) is 48.6 Å². The third kappa shape index (κ3) is 4.09. The van der Waals surface area contributed by atoms with Gasteiger partial charge in [0.15, 0.2) is 0 Å². The predicted molar refractivity (Wildman–Crippen MR) is 86.1 cm³/mol. The minimum atomic E-state index is -0.539. The van der Waals surface area contributed by atoms with E-state index in [-0.39, 0.29) is 24.0 Å². The third-order valence-electron chi connectivity index (χ3n) is 4.37. The maximum absolute atomic E-state index is 12.2.